The Morgan fingerprint density at radius 1 is 1.35 bits per heavy atom. The van der Waals surface area contributed by atoms with Crippen molar-refractivity contribution in [1.82, 2.24) is 19.5 Å². The van der Waals surface area contributed by atoms with Crippen LogP contribution in [0.4, 0.5) is 5.82 Å². The normalized spacial score (nSPS) is 12.3. The monoisotopic (exact) mass is 373 g/mol. The topological polar surface area (TPSA) is 81.9 Å². The molecule has 0 aromatic carbocycles. The van der Waals surface area contributed by atoms with Gasteiger partial charge in [0.15, 0.2) is 0 Å². The van der Waals surface area contributed by atoms with Crippen LogP contribution in [0.5, 0.6) is 0 Å². The van der Waals surface area contributed by atoms with Crippen LogP contribution < -0.4 is 5.32 Å². The van der Waals surface area contributed by atoms with Crippen LogP contribution in [0.15, 0.2) is 18.7 Å². The zero-order chi connectivity index (χ0) is 18.7. The van der Waals surface area contributed by atoms with Crippen molar-refractivity contribution in [2.24, 2.45) is 5.92 Å². The summed E-state index contributed by atoms with van der Waals surface area (Å²) >= 11 is 1.35. The summed E-state index contributed by atoms with van der Waals surface area (Å²) in [5, 5.41) is 4.31. The first-order valence-electron chi connectivity index (χ1n) is 8.64. The Morgan fingerprint density at radius 2 is 2.15 bits per heavy atom. The molecule has 138 valence electrons. The van der Waals surface area contributed by atoms with Gasteiger partial charge in [0, 0.05) is 25.5 Å². The van der Waals surface area contributed by atoms with E-state index in [0.29, 0.717) is 17.4 Å². The number of carbonyl (C=O) groups is 1. The number of thiophene rings is 1. The molecule has 3 rings (SSSR count). The van der Waals surface area contributed by atoms with E-state index < -0.39 is 0 Å². The van der Waals surface area contributed by atoms with Crippen molar-refractivity contribution in [1.29, 1.82) is 0 Å². The SMILES string of the molecule is CCOC(=O)c1sc2ncnc(NC[C@H](C)Cn3ccnc3C)c2c1C. The standard InChI is InChI=1S/C18H23N5O2S/c1-5-25-18(24)15-12(3)14-16(21-10-22-17(14)26-15)20-8-11(2)9-23-7-6-19-13(23)4/h6-7,10-11H,5,8-9H2,1-4H3,(H,20,21,22)/t11-/m0/s1. The molecule has 0 spiro atoms. The zero-order valence-corrected chi connectivity index (χ0v) is 16.3. The zero-order valence-electron chi connectivity index (χ0n) is 15.4. The number of aryl methyl sites for hydroxylation is 2. The molecular weight excluding hydrogens is 350 g/mol. The van der Waals surface area contributed by atoms with E-state index >= 15 is 0 Å². The fourth-order valence-corrected chi connectivity index (χ4v) is 3.91. The number of ether oxygens (including phenoxy) is 1. The van der Waals surface area contributed by atoms with Crippen molar-refractivity contribution in [2.75, 3.05) is 18.5 Å². The van der Waals surface area contributed by atoms with Crippen LogP contribution in [-0.2, 0) is 11.3 Å². The molecule has 0 aliphatic heterocycles. The van der Waals surface area contributed by atoms with E-state index in [1.807, 2.05) is 26.2 Å². The van der Waals surface area contributed by atoms with E-state index in [2.05, 4.69) is 31.8 Å². The number of esters is 1. The maximum absolute atomic E-state index is 12.1. The predicted molar refractivity (Wildman–Crippen MR) is 103 cm³/mol. The van der Waals surface area contributed by atoms with Gasteiger partial charge in [-0.25, -0.2) is 19.7 Å². The lowest BCUT2D eigenvalue weighted by molar-refractivity contribution is 0.0531. The van der Waals surface area contributed by atoms with Crippen molar-refractivity contribution >= 4 is 33.3 Å². The van der Waals surface area contributed by atoms with Crippen LogP contribution in [0, 0.1) is 19.8 Å². The molecule has 1 N–H and O–H groups in total. The first kappa shape index (κ1) is 18.3. The summed E-state index contributed by atoms with van der Waals surface area (Å²) in [6, 6.07) is 0. The number of fused-ring (bicyclic) bond motifs is 1. The summed E-state index contributed by atoms with van der Waals surface area (Å²) < 4.78 is 7.28. The fourth-order valence-electron chi connectivity index (χ4n) is 2.86. The molecule has 0 unspecified atom stereocenters. The fraction of sp³-hybridized carbons (Fsp3) is 0.444. The van der Waals surface area contributed by atoms with Crippen molar-refractivity contribution in [3.05, 3.63) is 35.0 Å². The number of nitrogens with zero attached hydrogens (tertiary/aromatic N) is 4. The van der Waals surface area contributed by atoms with Gasteiger partial charge in [-0.15, -0.1) is 11.3 Å². The largest absolute Gasteiger partial charge is 0.462 e. The summed E-state index contributed by atoms with van der Waals surface area (Å²) in [6.45, 7) is 9.88. The average Bonchev–Trinajstić information content (AvgIpc) is 3.17. The first-order valence-corrected chi connectivity index (χ1v) is 9.45. The Labute approximate surface area is 156 Å². The lowest BCUT2D eigenvalue weighted by Gasteiger charge is -2.15. The van der Waals surface area contributed by atoms with E-state index in [4.69, 9.17) is 4.74 Å². The summed E-state index contributed by atoms with van der Waals surface area (Å²) in [7, 11) is 0. The minimum Gasteiger partial charge on any atom is -0.462 e. The smallest absolute Gasteiger partial charge is 0.348 e. The molecule has 3 aromatic heterocycles. The molecule has 3 heterocycles. The van der Waals surface area contributed by atoms with Gasteiger partial charge >= 0.3 is 5.97 Å². The highest BCUT2D eigenvalue weighted by atomic mass is 32.1. The number of imidazole rings is 1. The van der Waals surface area contributed by atoms with Crippen molar-refractivity contribution in [2.45, 2.75) is 34.2 Å². The van der Waals surface area contributed by atoms with Crippen LogP contribution in [0.2, 0.25) is 0 Å². The number of rotatable bonds is 7. The Kier molecular flexibility index (Phi) is 5.51. The molecule has 1 atom stereocenters. The second-order valence-corrected chi connectivity index (χ2v) is 7.29. The van der Waals surface area contributed by atoms with E-state index in [1.165, 1.54) is 17.7 Å². The van der Waals surface area contributed by atoms with Crippen LogP contribution in [-0.4, -0.2) is 38.6 Å². The maximum atomic E-state index is 12.1. The van der Waals surface area contributed by atoms with Crippen LogP contribution >= 0.6 is 11.3 Å². The van der Waals surface area contributed by atoms with Crippen LogP contribution in [0.25, 0.3) is 10.2 Å². The summed E-state index contributed by atoms with van der Waals surface area (Å²) in [5.74, 6) is 1.85. The quantitative estimate of drug-likeness (QED) is 0.639. The molecule has 3 aromatic rings. The molecule has 0 bridgehead atoms. The Balaban J connectivity index is 1.77. The second kappa shape index (κ2) is 7.82. The number of hydrogen-bond donors (Lipinski definition) is 1. The molecule has 0 amide bonds. The van der Waals surface area contributed by atoms with Gasteiger partial charge in [-0.05, 0) is 32.3 Å². The third-order valence-electron chi connectivity index (χ3n) is 4.24. The maximum Gasteiger partial charge on any atom is 0.348 e. The number of nitrogens with one attached hydrogen (secondary N) is 1. The molecule has 0 aliphatic rings. The molecule has 0 saturated heterocycles. The van der Waals surface area contributed by atoms with Crippen LogP contribution in [0.1, 0.15) is 34.9 Å². The van der Waals surface area contributed by atoms with E-state index in [9.17, 15) is 4.79 Å². The molecular formula is C18H23N5O2S. The number of anilines is 1. The van der Waals surface area contributed by atoms with E-state index in [1.54, 1.807) is 6.92 Å². The highest BCUT2D eigenvalue weighted by Gasteiger charge is 2.20. The molecule has 0 aliphatic carbocycles. The van der Waals surface area contributed by atoms with E-state index in [0.717, 1.165) is 40.5 Å². The molecule has 26 heavy (non-hydrogen) atoms. The molecule has 8 heteroatoms. The minimum atomic E-state index is -0.303. The predicted octanol–water partition coefficient (Wildman–Crippen LogP) is 3.43. The highest BCUT2D eigenvalue weighted by Crippen LogP contribution is 2.33. The minimum absolute atomic E-state index is 0.303. The lowest BCUT2D eigenvalue weighted by Crippen LogP contribution is -2.18. The highest BCUT2D eigenvalue weighted by molar-refractivity contribution is 7.20. The second-order valence-electron chi connectivity index (χ2n) is 6.29. The summed E-state index contributed by atoms with van der Waals surface area (Å²) in [6.07, 6.45) is 5.33. The molecule has 0 saturated carbocycles. The Hall–Kier alpha value is -2.48. The van der Waals surface area contributed by atoms with E-state index in [-0.39, 0.29) is 5.97 Å². The summed E-state index contributed by atoms with van der Waals surface area (Å²) in [5.41, 5.74) is 0.865. The molecule has 7 nitrogen and oxygen atoms in total. The third-order valence-corrected chi connectivity index (χ3v) is 5.42. The number of hydrogen-bond acceptors (Lipinski definition) is 7. The Bertz CT molecular complexity index is 918. The van der Waals surface area contributed by atoms with Crippen molar-refractivity contribution in [3.63, 3.8) is 0 Å². The lowest BCUT2D eigenvalue weighted by atomic mass is 10.1. The van der Waals surface area contributed by atoms with Gasteiger partial charge in [0.05, 0.1) is 12.0 Å². The van der Waals surface area contributed by atoms with Crippen LogP contribution in [0.3, 0.4) is 0 Å². The summed E-state index contributed by atoms with van der Waals surface area (Å²) in [4.78, 5) is 26.5. The third kappa shape index (κ3) is 3.70. The van der Waals surface area contributed by atoms with Gasteiger partial charge in [-0.2, -0.15) is 0 Å². The van der Waals surface area contributed by atoms with Gasteiger partial charge in [0.25, 0.3) is 0 Å². The van der Waals surface area contributed by atoms with Crippen molar-refractivity contribution < 1.29 is 9.53 Å². The molecule has 0 radical (unpaired) electrons. The van der Waals surface area contributed by atoms with Gasteiger partial charge in [0.1, 0.15) is 27.7 Å². The molecule has 0 fully saturated rings. The number of carbonyl (C=O) groups excluding carboxylic acids is 1. The van der Waals surface area contributed by atoms with Gasteiger partial charge < -0.3 is 14.6 Å². The van der Waals surface area contributed by atoms with Gasteiger partial charge in [-0.1, -0.05) is 6.92 Å². The van der Waals surface area contributed by atoms with Gasteiger partial charge in [0.2, 0.25) is 0 Å². The first-order chi connectivity index (χ1) is 12.5. The van der Waals surface area contributed by atoms with Crippen molar-refractivity contribution in [3.8, 4) is 0 Å². The Morgan fingerprint density at radius 3 is 2.85 bits per heavy atom. The van der Waals surface area contributed by atoms with Gasteiger partial charge in [-0.3, -0.25) is 0 Å². The number of aromatic nitrogens is 4. The average molecular weight is 373 g/mol.